The first-order chi connectivity index (χ1) is 28.0. The van der Waals surface area contributed by atoms with E-state index in [4.69, 9.17) is 9.05 Å². The number of nitrogens with one attached hydrogen (secondary N) is 1. The van der Waals surface area contributed by atoms with Crippen LogP contribution >= 0.6 is 7.82 Å². The fraction of sp³-hybridized carbons (Fsp3) is 0.980. The van der Waals surface area contributed by atoms with Gasteiger partial charge < -0.3 is 28.8 Å². The Bertz CT molecular complexity index is 916. The molecule has 0 heterocycles. The van der Waals surface area contributed by atoms with Crippen molar-refractivity contribution in [1.82, 2.24) is 5.32 Å². The predicted molar refractivity (Wildman–Crippen MR) is 247 cm³/mol. The quantitative estimate of drug-likeness (QED) is 0.0359. The van der Waals surface area contributed by atoms with Gasteiger partial charge in [-0.3, -0.25) is 9.36 Å². The van der Waals surface area contributed by atoms with E-state index in [9.17, 15) is 19.4 Å². The van der Waals surface area contributed by atoms with Crippen molar-refractivity contribution in [2.75, 3.05) is 40.9 Å². The van der Waals surface area contributed by atoms with Gasteiger partial charge in [-0.25, -0.2) is 0 Å². The second-order valence-electron chi connectivity index (χ2n) is 18.9. The molecule has 0 bridgehead atoms. The number of amides is 1. The summed E-state index contributed by atoms with van der Waals surface area (Å²) in [5.74, 6) is -0.162. The number of aliphatic hydroxyl groups excluding tert-OH is 1. The Balaban J connectivity index is 3.93. The summed E-state index contributed by atoms with van der Waals surface area (Å²) in [7, 11) is 1.32. The Kier molecular flexibility index (Phi) is 41.5. The van der Waals surface area contributed by atoms with E-state index in [1.54, 1.807) is 0 Å². The number of unbranched alkanes of at least 4 members (excludes halogenated alkanes) is 34. The van der Waals surface area contributed by atoms with E-state index in [1.807, 2.05) is 21.1 Å². The van der Waals surface area contributed by atoms with Gasteiger partial charge in [-0.1, -0.05) is 239 Å². The summed E-state index contributed by atoms with van der Waals surface area (Å²) in [6.45, 7) is 4.71. The van der Waals surface area contributed by atoms with Crippen LogP contribution in [0.25, 0.3) is 0 Å². The largest absolute Gasteiger partial charge is 0.756 e. The van der Waals surface area contributed by atoms with Gasteiger partial charge in [0.05, 0.1) is 39.9 Å². The number of phosphoric acid groups is 1. The molecule has 0 aromatic carbocycles. The molecule has 2 N–H and O–H groups in total. The monoisotopic (exact) mass is 845 g/mol. The van der Waals surface area contributed by atoms with Gasteiger partial charge in [0, 0.05) is 6.42 Å². The van der Waals surface area contributed by atoms with Crippen LogP contribution in [0.1, 0.15) is 258 Å². The number of rotatable bonds is 47. The van der Waals surface area contributed by atoms with E-state index in [0.717, 1.165) is 38.5 Å². The van der Waals surface area contributed by atoms with Gasteiger partial charge in [-0.05, 0) is 12.8 Å². The maximum absolute atomic E-state index is 12.9. The molecule has 0 aliphatic heterocycles. The molecule has 0 saturated heterocycles. The Morgan fingerprint density at radius 3 is 1.17 bits per heavy atom. The molecule has 3 unspecified atom stereocenters. The van der Waals surface area contributed by atoms with Crippen molar-refractivity contribution in [2.45, 2.75) is 270 Å². The number of hydrogen-bond acceptors (Lipinski definition) is 6. The summed E-state index contributed by atoms with van der Waals surface area (Å²) in [6, 6.07) is -0.792. The van der Waals surface area contributed by atoms with Crippen molar-refractivity contribution in [3.63, 3.8) is 0 Å². The molecule has 0 rings (SSSR count). The number of likely N-dealkylation sites (N-methyl/N-ethyl adjacent to an activating group) is 1. The molecule has 1 amide bonds. The number of carbonyl (C=O) groups excluding carboxylic acids is 1. The van der Waals surface area contributed by atoms with E-state index < -0.39 is 20.0 Å². The average molecular weight is 845 g/mol. The summed E-state index contributed by atoms with van der Waals surface area (Å²) in [6.07, 6.45) is 47.2. The predicted octanol–water partition coefficient (Wildman–Crippen LogP) is 13.9. The maximum atomic E-state index is 12.9. The third-order valence-corrected chi connectivity index (χ3v) is 12.8. The minimum absolute atomic E-state index is 0.0156. The van der Waals surface area contributed by atoms with Crippen LogP contribution in [0.15, 0.2) is 0 Å². The first kappa shape index (κ1) is 57.5. The number of hydrogen-bond donors (Lipinski definition) is 2. The zero-order chi connectivity index (χ0) is 42.8. The zero-order valence-electron chi connectivity index (χ0n) is 39.5. The highest BCUT2D eigenvalue weighted by atomic mass is 31.2. The van der Waals surface area contributed by atoms with E-state index in [0.29, 0.717) is 23.9 Å². The SMILES string of the molecule is CCCCCCCCCCCCCCCCCCCCCCCCCCCCCCC(=O)NC(COP(=O)([O-])OCC[N+](C)(C)C)C(O)CCCCCCCCCC. The standard InChI is InChI=1S/C49H101N2O6P/c1-6-8-10-12-14-16-17-18-19-20-21-22-23-24-25-26-27-28-29-30-31-32-33-34-35-37-39-41-43-49(53)50-47(46-57-58(54,55)56-45-44-51(3,4)5)48(52)42-40-38-36-15-13-11-9-7-2/h47-48,52H,6-46H2,1-5H3,(H-,50,53,54,55). The Hall–Kier alpha value is -0.500. The zero-order valence-corrected chi connectivity index (χ0v) is 40.4. The lowest BCUT2D eigenvalue weighted by Crippen LogP contribution is -2.46. The number of nitrogens with zero attached hydrogens (tertiary/aromatic N) is 1. The summed E-state index contributed by atoms with van der Waals surface area (Å²) in [4.78, 5) is 25.3. The topological polar surface area (TPSA) is 108 Å². The summed E-state index contributed by atoms with van der Waals surface area (Å²) < 4.78 is 23.2. The molecule has 0 spiro atoms. The fourth-order valence-electron chi connectivity index (χ4n) is 7.81. The molecule has 0 radical (unpaired) electrons. The number of aliphatic hydroxyl groups is 1. The van der Waals surface area contributed by atoms with Crippen molar-refractivity contribution in [3.8, 4) is 0 Å². The van der Waals surface area contributed by atoms with Crippen molar-refractivity contribution >= 4 is 13.7 Å². The van der Waals surface area contributed by atoms with E-state index in [1.165, 1.54) is 193 Å². The smallest absolute Gasteiger partial charge is 0.268 e. The minimum Gasteiger partial charge on any atom is -0.756 e. The molecule has 348 valence electrons. The van der Waals surface area contributed by atoms with Gasteiger partial charge in [-0.2, -0.15) is 0 Å². The lowest BCUT2D eigenvalue weighted by atomic mass is 10.0. The summed E-state index contributed by atoms with van der Waals surface area (Å²) >= 11 is 0. The Labute approximate surface area is 361 Å². The fourth-order valence-corrected chi connectivity index (χ4v) is 8.53. The van der Waals surface area contributed by atoms with Crippen LogP contribution < -0.4 is 10.2 Å². The first-order valence-electron chi connectivity index (χ1n) is 25.4. The molecule has 0 saturated carbocycles. The highest BCUT2D eigenvalue weighted by Crippen LogP contribution is 2.38. The van der Waals surface area contributed by atoms with Crippen LogP contribution in [0.4, 0.5) is 0 Å². The van der Waals surface area contributed by atoms with Crippen LogP contribution in [0, 0.1) is 0 Å². The highest BCUT2D eigenvalue weighted by Gasteiger charge is 2.24. The molecule has 58 heavy (non-hydrogen) atoms. The number of phosphoric ester groups is 1. The second-order valence-corrected chi connectivity index (χ2v) is 20.3. The van der Waals surface area contributed by atoms with Crippen LogP contribution in [-0.4, -0.2) is 68.5 Å². The van der Waals surface area contributed by atoms with Crippen molar-refractivity contribution in [3.05, 3.63) is 0 Å². The Morgan fingerprint density at radius 2 is 0.845 bits per heavy atom. The van der Waals surface area contributed by atoms with Crippen LogP contribution in [0.5, 0.6) is 0 Å². The maximum Gasteiger partial charge on any atom is 0.268 e. The third-order valence-electron chi connectivity index (χ3n) is 11.8. The second kappa shape index (κ2) is 41.8. The lowest BCUT2D eigenvalue weighted by molar-refractivity contribution is -0.870. The first-order valence-corrected chi connectivity index (χ1v) is 26.8. The molecule has 9 heteroatoms. The van der Waals surface area contributed by atoms with Gasteiger partial charge in [0.15, 0.2) is 0 Å². The number of quaternary nitrogens is 1. The lowest BCUT2D eigenvalue weighted by Gasteiger charge is -2.30. The van der Waals surface area contributed by atoms with Crippen LogP contribution in [0.2, 0.25) is 0 Å². The molecule has 0 aliphatic carbocycles. The Morgan fingerprint density at radius 1 is 0.534 bits per heavy atom. The normalized spacial score (nSPS) is 14.1. The van der Waals surface area contributed by atoms with E-state index in [-0.39, 0.29) is 19.1 Å². The molecule has 0 aromatic heterocycles. The molecule has 0 aliphatic rings. The van der Waals surface area contributed by atoms with E-state index >= 15 is 0 Å². The molecular weight excluding hydrogens is 744 g/mol. The van der Waals surface area contributed by atoms with Gasteiger partial charge >= 0.3 is 0 Å². The summed E-state index contributed by atoms with van der Waals surface area (Å²) in [5.41, 5.74) is 0. The minimum atomic E-state index is -4.55. The molecule has 8 nitrogen and oxygen atoms in total. The van der Waals surface area contributed by atoms with Crippen molar-refractivity contribution in [2.24, 2.45) is 0 Å². The van der Waals surface area contributed by atoms with Crippen molar-refractivity contribution < 1.29 is 32.9 Å². The van der Waals surface area contributed by atoms with Gasteiger partial charge in [0.25, 0.3) is 7.82 Å². The van der Waals surface area contributed by atoms with E-state index in [2.05, 4.69) is 19.2 Å². The van der Waals surface area contributed by atoms with Gasteiger partial charge in [-0.15, -0.1) is 0 Å². The molecule has 3 atom stereocenters. The van der Waals surface area contributed by atoms with Gasteiger partial charge in [0.2, 0.25) is 5.91 Å². The third kappa shape index (κ3) is 43.6. The molecule has 0 aromatic rings. The van der Waals surface area contributed by atoms with Crippen molar-refractivity contribution in [1.29, 1.82) is 0 Å². The molecular formula is C49H101N2O6P. The molecule has 0 fully saturated rings. The highest BCUT2D eigenvalue weighted by molar-refractivity contribution is 7.45. The summed E-state index contributed by atoms with van der Waals surface area (Å²) in [5, 5.41) is 13.8. The average Bonchev–Trinajstić information content (AvgIpc) is 3.17. The number of carbonyl (C=O) groups is 1. The van der Waals surface area contributed by atoms with Crippen LogP contribution in [-0.2, 0) is 18.4 Å². The van der Waals surface area contributed by atoms with Crippen LogP contribution in [0.3, 0.4) is 0 Å². The van der Waals surface area contributed by atoms with Gasteiger partial charge in [0.1, 0.15) is 13.2 Å².